The molecule has 1 aliphatic rings. The Labute approximate surface area is 146 Å². The second-order valence-corrected chi connectivity index (χ2v) is 6.26. The number of ether oxygens (including phenoxy) is 1. The third-order valence-electron chi connectivity index (χ3n) is 4.81. The van der Waals surface area contributed by atoms with Crippen LogP contribution in [0.1, 0.15) is 10.4 Å². The molecule has 5 nitrogen and oxygen atoms in total. The van der Waals surface area contributed by atoms with E-state index in [1.54, 1.807) is 7.11 Å². The number of nitrogens with zero attached hydrogens (tertiary/aromatic N) is 2. The van der Waals surface area contributed by atoms with Crippen LogP contribution in [0.2, 0.25) is 0 Å². The van der Waals surface area contributed by atoms with Gasteiger partial charge in [0, 0.05) is 49.1 Å². The van der Waals surface area contributed by atoms with Crippen LogP contribution in [0.3, 0.4) is 0 Å². The van der Waals surface area contributed by atoms with E-state index in [2.05, 4.69) is 22.0 Å². The fourth-order valence-electron chi connectivity index (χ4n) is 3.32. The van der Waals surface area contributed by atoms with Crippen LogP contribution in [0, 0.1) is 0 Å². The Morgan fingerprint density at radius 3 is 2.48 bits per heavy atom. The fraction of sp³-hybridized carbons (Fsp3) is 0.250. The third kappa shape index (κ3) is 3.05. The Balaban J connectivity index is 1.42. The van der Waals surface area contributed by atoms with Crippen molar-refractivity contribution < 1.29 is 9.53 Å². The van der Waals surface area contributed by atoms with Gasteiger partial charge in [-0.1, -0.05) is 6.07 Å². The van der Waals surface area contributed by atoms with Gasteiger partial charge in [0.25, 0.3) is 5.91 Å². The second-order valence-electron chi connectivity index (χ2n) is 6.26. The van der Waals surface area contributed by atoms with Crippen LogP contribution in [0.25, 0.3) is 10.9 Å². The molecule has 0 spiro atoms. The number of anilines is 1. The highest BCUT2D eigenvalue weighted by atomic mass is 16.5. The number of carbonyl (C=O) groups excluding carboxylic acids is 1. The molecule has 25 heavy (non-hydrogen) atoms. The molecule has 0 saturated carbocycles. The van der Waals surface area contributed by atoms with E-state index in [-0.39, 0.29) is 5.91 Å². The number of fused-ring (bicyclic) bond motifs is 1. The number of aromatic nitrogens is 1. The molecule has 2 heterocycles. The van der Waals surface area contributed by atoms with Crippen molar-refractivity contribution in [3.63, 3.8) is 0 Å². The van der Waals surface area contributed by atoms with Crippen molar-refractivity contribution in [2.24, 2.45) is 0 Å². The van der Waals surface area contributed by atoms with Crippen molar-refractivity contribution >= 4 is 22.5 Å². The molecular formula is C20H21N3O2. The minimum atomic E-state index is 0.103. The monoisotopic (exact) mass is 335 g/mol. The number of H-pyrrole nitrogens is 1. The maximum atomic E-state index is 12.8. The number of nitrogens with one attached hydrogen (secondary N) is 1. The highest BCUT2D eigenvalue weighted by molar-refractivity contribution is 5.98. The van der Waals surface area contributed by atoms with Crippen molar-refractivity contribution in [1.82, 2.24) is 9.88 Å². The number of piperazine rings is 1. The van der Waals surface area contributed by atoms with Crippen molar-refractivity contribution in [3.8, 4) is 5.75 Å². The average molecular weight is 335 g/mol. The van der Waals surface area contributed by atoms with Gasteiger partial charge in [0.2, 0.25) is 0 Å². The number of aromatic amines is 1. The standard InChI is InChI=1S/C20H21N3O2/c1-25-18-6-4-17(5-7-18)22-10-12-23(13-11-22)20(24)16-3-2-15-8-9-21-19(15)14-16/h2-9,14,21H,10-13H2,1H3. The van der Waals surface area contributed by atoms with Gasteiger partial charge in [0.05, 0.1) is 7.11 Å². The van der Waals surface area contributed by atoms with Crippen LogP contribution in [0.5, 0.6) is 5.75 Å². The van der Waals surface area contributed by atoms with E-state index in [1.165, 1.54) is 5.69 Å². The molecule has 0 atom stereocenters. The molecule has 4 rings (SSSR count). The Bertz CT molecular complexity index is 877. The SMILES string of the molecule is COc1ccc(N2CCN(C(=O)c3ccc4cc[nH]c4c3)CC2)cc1. The van der Waals surface area contributed by atoms with Gasteiger partial charge >= 0.3 is 0 Å². The number of amides is 1. The molecule has 3 aromatic rings. The topological polar surface area (TPSA) is 48.6 Å². The Morgan fingerprint density at radius 2 is 1.76 bits per heavy atom. The van der Waals surface area contributed by atoms with E-state index in [9.17, 15) is 4.79 Å². The van der Waals surface area contributed by atoms with Crippen LogP contribution >= 0.6 is 0 Å². The van der Waals surface area contributed by atoms with Crippen molar-refractivity contribution in [1.29, 1.82) is 0 Å². The van der Waals surface area contributed by atoms with E-state index in [1.807, 2.05) is 47.5 Å². The van der Waals surface area contributed by atoms with E-state index in [0.717, 1.165) is 48.4 Å². The Morgan fingerprint density at radius 1 is 1.00 bits per heavy atom. The lowest BCUT2D eigenvalue weighted by Gasteiger charge is -2.36. The summed E-state index contributed by atoms with van der Waals surface area (Å²) < 4.78 is 5.20. The van der Waals surface area contributed by atoms with Crippen molar-refractivity contribution in [2.75, 3.05) is 38.2 Å². The summed E-state index contributed by atoms with van der Waals surface area (Å²) in [6.45, 7) is 3.13. The molecule has 0 aliphatic carbocycles. The van der Waals surface area contributed by atoms with Gasteiger partial charge in [-0.05, 0) is 47.9 Å². The third-order valence-corrected chi connectivity index (χ3v) is 4.81. The molecule has 1 aromatic heterocycles. The predicted octanol–water partition coefficient (Wildman–Crippen LogP) is 3.14. The summed E-state index contributed by atoms with van der Waals surface area (Å²) in [6.07, 6.45) is 1.90. The van der Waals surface area contributed by atoms with Gasteiger partial charge in [-0.25, -0.2) is 0 Å². The summed E-state index contributed by atoms with van der Waals surface area (Å²) in [5.74, 6) is 0.961. The van der Waals surface area contributed by atoms with Crippen LogP contribution in [0.4, 0.5) is 5.69 Å². The summed E-state index contributed by atoms with van der Waals surface area (Å²) in [5, 5.41) is 1.13. The molecule has 1 saturated heterocycles. The Kier molecular flexibility index (Phi) is 4.06. The molecule has 0 bridgehead atoms. The van der Waals surface area contributed by atoms with Gasteiger partial charge in [-0.15, -0.1) is 0 Å². The first-order valence-corrected chi connectivity index (χ1v) is 8.50. The molecule has 0 radical (unpaired) electrons. The zero-order valence-electron chi connectivity index (χ0n) is 14.2. The highest BCUT2D eigenvalue weighted by Gasteiger charge is 2.22. The smallest absolute Gasteiger partial charge is 0.254 e. The highest BCUT2D eigenvalue weighted by Crippen LogP contribution is 2.21. The summed E-state index contributed by atoms with van der Waals surface area (Å²) in [4.78, 5) is 20.2. The van der Waals surface area contributed by atoms with Crippen LogP contribution < -0.4 is 9.64 Å². The number of benzene rings is 2. The predicted molar refractivity (Wildman–Crippen MR) is 99.4 cm³/mol. The molecule has 2 aromatic carbocycles. The van der Waals surface area contributed by atoms with Gasteiger partial charge < -0.3 is 19.5 Å². The summed E-state index contributed by atoms with van der Waals surface area (Å²) in [6, 6.07) is 15.9. The van der Waals surface area contributed by atoms with Gasteiger partial charge in [0.1, 0.15) is 5.75 Å². The van der Waals surface area contributed by atoms with Crippen molar-refractivity contribution in [2.45, 2.75) is 0 Å². The first-order valence-electron chi connectivity index (χ1n) is 8.50. The lowest BCUT2D eigenvalue weighted by Crippen LogP contribution is -2.48. The lowest BCUT2D eigenvalue weighted by atomic mass is 10.1. The van der Waals surface area contributed by atoms with E-state index < -0.39 is 0 Å². The molecular weight excluding hydrogens is 314 g/mol. The number of rotatable bonds is 3. The van der Waals surface area contributed by atoms with E-state index in [4.69, 9.17) is 4.74 Å². The van der Waals surface area contributed by atoms with E-state index >= 15 is 0 Å². The molecule has 0 unspecified atom stereocenters. The first kappa shape index (κ1) is 15.6. The average Bonchev–Trinajstić information content (AvgIpc) is 3.15. The molecule has 1 amide bonds. The zero-order chi connectivity index (χ0) is 17.2. The molecule has 1 N–H and O–H groups in total. The minimum absolute atomic E-state index is 0.103. The normalized spacial score (nSPS) is 14.8. The number of carbonyl (C=O) groups is 1. The van der Waals surface area contributed by atoms with Crippen LogP contribution in [-0.2, 0) is 0 Å². The molecule has 5 heteroatoms. The van der Waals surface area contributed by atoms with Gasteiger partial charge in [0.15, 0.2) is 0 Å². The lowest BCUT2D eigenvalue weighted by molar-refractivity contribution is 0.0747. The first-order chi connectivity index (χ1) is 12.2. The molecule has 128 valence electrons. The maximum absolute atomic E-state index is 12.8. The van der Waals surface area contributed by atoms with Crippen LogP contribution in [0.15, 0.2) is 54.7 Å². The Hall–Kier alpha value is -2.95. The van der Waals surface area contributed by atoms with Crippen molar-refractivity contribution in [3.05, 3.63) is 60.3 Å². The molecule has 1 fully saturated rings. The molecule has 1 aliphatic heterocycles. The summed E-state index contributed by atoms with van der Waals surface area (Å²) in [7, 11) is 1.67. The number of hydrogen-bond acceptors (Lipinski definition) is 3. The quantitative estimate of drug-likeness (QED) is 0.800. The van der Waals surface area contributed by atoms with Gasteiger partial charge in [-0.3, -0.25) is 4.79 Å². The summed E-state index contributed by atoms with van der Waals surface area (Å²) >= 11 is 0. The number of methoxy groups -OCH3 is 1. The fourth-order valence-corrected chi connectivity index (χ4v) is 3.32. The van der Waals surface area contributed by atoms with Gasteiger partial charge in [-0.2, -0.15) is 0 Å². The largest absolute Gasteiger partial charge is 0.497 e. The maximum Gasteiger partial charge on any atom is 0.254 e. The minimum Gasteiger partial charge on any atom is -0.497 e. The summed E-state index contributed by atoms with van der Waals surface area (Å²) in [5.41, 5.74) is 2.91. The number of hydrogen-bond donors (Lipinski definition) is 1. The van der Waals surface area contributed by atoms with Crippen LogP contribution in [-0.4, -0.2) is 49.1 Å². The second kappa shape index (κ2) is 6.51. The zero-order valence-corrected chi connectivity index (χ0v) is 14.2. The van der Waals surface area contributed by atoms with E-state index in [0.29, 0.717) is 0 Å².